The zero-order valence-corrected chi connectivity index (χ0v) is 13.2. The molecule has 4 heteroatoms. The van der Waals surface area contributed by atoms with Crippen molar-refractivity contribution in [2.75, 3.05) is 33.9 Å². The van der Waals surface area contributed by atoms with Gasteiger partial charge in [-0.05, 0) is 30.7 Å². The van der Waals surface area contributed by atoms with Crippen molar-refractivity contribution >= 4 is 0 Å². The molecule has 0 saturated heterocycles. The summed E-state index contributed by atoms with van der Waals surface area (Å²) in [6.07, 6.45) is -0.584. The first-order valence-corrected chi connectivity index (χ1v) is 7.14. The molecule has 0 aliphatic carbocycles. The van der Waals surface area contributed by atoms with Crippen LogP contribution in [0.2, 0.25) is 0 Å². The molecule has 1 rings (SSSR count). The second kappa shape index (κ2) is 8.12. The van der Waals surface area contributed by atoms with Crippen LogP contribution in [0, 0.1) is 5.92 Å². The van der Waals surface area contributed by atoms with Gasteiger partial charge in [-0.15, -0.1) is 0 Å². The Labute approximate surface area is 122 Å². The van der Waals surface area contributed by atoms with Gasteiger partial charge in [-0.25, -0.2) is 0 Å². The Morgan fingerprint density at radius 1 is 1.15 bits per heavy atom. The molecule has 0 bridgehead atoms. The quantitative estimate of drug-likeness (QED) is 0.795. The van der Waals surface area contributed by atoms with E-state index in [2.05, 4.69) is 25.7 Å². The number of aliphatic hydroxyl groups excluding tert-OH is 1. The topological polar surface area (TPSA) is 41.9 Å². The predicted molar refractivity (Wildman–Crippen MR) is 81.5 cm³/mol. The van der Waals surface area contributed by atoms with Crippen molar-refractivity contribution in [1.82, 2.24) is 4.90 Å². The number of likely N-dealkylation sites (N-methyl/N-ethyl adjacent to an activating group) is 1. The van der Waals surface area contributed by atoms with E-state index in [4.69, 9.17) is 9.47 Å². The first-order chi connectivity index (χ1) is 9.51. The normalized spacial score (nSPS) is 12.8. The Balaban J connectivity index is 2.86. The molecule has 1 aromatic carbocycles. The van der Waals surface area contributed by atoms with Crippen LogP contribution < -0.4 is 9.47 Å². The molecule has 1 unspecified atom stereocenters. The third kappa shape index (κ3) is 4.69. The summed E-state index contributed by atoms with van der Waals surface area (Å²) in [5.41, 5.74) is 0.772. The van der Waals surface area contributed by atoms with Gasteiger partial charge in [0.1, 0.15) is 11.5 Å². The summed E-state index contributed by atoms with van der Waals surface area (Å²) in [4.78, 5) is 2.24. The van der Waals surface area contributed by atoms with E-state index in [0.29, 0.717) is 18.2 Å². The fraction of sp³-hybridized carbons (Fsp3) is 0.625. The van der Waals surface area contributed by atoms with Gasteiger partial charge in [-0.1, -0.05) is 20.8 Å². The van der Waals surface area contributed by atoms with Crippen LogP contribution in [0.5, 0.6) is 11.5 Å². The second-order valence-corrected chi connectivity index (χ2v) is 5.37. The Bertz CT molecular complexity index is 407. The molecule has 0 aromatic heterocycles. The lowest BCUT2D eigenvalue weighted by Gasteiger charge is -2.26. The van der Waals surface area contributed by atoms with Crippen LogP contribution in [0.15, 0.2) is 18.2 Å². The zero-order chi connectivity index (χ0) is 15.1. The van der Waals surface area contributed by atoms with E-state index in [0.717, 1.165) is 24.4 Å². The molecule has 0 spiro atoms. The van der Waals surface area contributed by atoms with E-state index >= 15 is 0 Å². The molecule has 0 amide bonds. The van der Waals surface area contributed by atoms with Crippen LogP contribution in [-0.4, -0.2) is 43.9 Å². The molecule has 0 saturated carbocycles. The lowest BCUT2D eigenvalue weighted by Crippen LogP contribution is -2.32. The number of rotatable bonds is 8. The second-order valence-electron chi connectivity index (χ2n) is 5.37. The Hall–Kier alpha value is -1.26. The van der Waals surface area contributed by atoms with Crippen molar-refractivity contribution in [3.63, 3.8) is 0 Å². The fourth-order valence-electron chi connectivity index (χ4n) is 2.29. The summed E-state index contributed by atoms with van der Waals surface area (Å²) in [5, 5.41) is 10.5. The molecule has 0 aliphatic heterocycles. The highest BCUT2D eigenvalue weighted by Crippen LogP contribution is 2.29. The van der Waals surface area contributed by atoms with Gasteiger partial charge in [0.25, 0.3) is 0 Å². The van der Waals surface area contributed by atoms with Crippen molar-refractivity contribution < 1.29 is 14.6 Å². The molecule has 1 N–H and O–H groups in total. The van der Waals surface area contributed by atoms with Crippen molar-refractivity contribution in [1.29, 1.82) is 0 Å². The van der Waals surface area contributed by atoms with Crippen LogP contribution in [0.4, 0.5) is 0 Å². The SMILES string of the molecule is CCN(CC(C)C)CC(O)c1cc(OC)ccc1OC. The fourth-order valence-corrected chi connectivity index (χ4v) is 2.29. The van der Waals surface area contributed by atoms with Crippen LogP contribution >= 0.6 is 0 Å². The van der Waals surface area contributed by atoms with Gasteiger partial charge < -0.3 is 19.5 Å². The molecule has 0 heterocycles. The largest absolute Gasteiger partial charge is 0.497 e. The summed E-state index contributed by atoms with van der Waals surface area (Å²) in [5.74, 6) is 2.00. The third-order valence-electron chi connectivity index (χ3n) is 3.30. The minimum atomic E-state index is -0.584. The van der Waals surface area contributed by atoms with E-state index in [1.165, 1.54) is 0 Å². The van der Waals surface area contributed by atoms with Crippen LogP contribution in [0.1, 0.15) is 32.4 Å². The number of nitrogens with zero attached hydrogens (tertiary/aromatic N) is 1. The number of hydrogen-bond acceptors (Lipinski definition) is 4. The molecule has 1 aromatic rings. The van der Waals surface area contributed by atoms with Crippen molar-refractivity contribution in [3.05, 3.63) is 23.8 Å². The smallest absolute Gasteiger partial charge is 0.124 e. The Morgan fingerprint density at radius 2 is 1.85 bits per heavy atom. The van der Waals surface area contributed by atoms with Crippen LogP contribution in [0.3, 0.4) is 0 Å². The third-order valence-corrected chi connectivity index (χ3v) is 3.30. The van der Waals surface area contributed by atoms with Gasteiger partial charge >= 0.3 is 0 Å². The minimum Gasteiger partial charge on any atom is -0.497 e. The Kier molecular flexibility index (Phi) is 6.82. The monoisotopic (exact) mass is 281 g/mol. The maximum absolute atomic E-state index is 10.5. The summed E-state index contributed by atoms with van der Waals surface area (Å²) < 4.78 is 10.5. The minimum absolute atomic E-state index is 0.578. The van der Waals surface area contributed by atoms with Gasteiger partial charge in [0.05, 0.1) is 20.3 Å². The first kappa shape index (κ1) is 16.8. The summed E-state index contributed by atoms with van der Waals surface area (Å²) in [6, 6.07) is 5.50. The zero-order valence-electron chi connectivity index (χ0n) is 13.2. The number of ether oxygens (including phenoxy) is 2. The standard InChI is InChI=1S/C16H27NO3/c1-6-17(10-12(2)3)11-15(18)14-9-13(19-4)7-8-16(14)20-5/h7-9,12,15,18H,6,10-11H2,1-5H3. The maximum atomic E-state index is 10.5. The van der Waals surface area contributed by atoms with E-state index in [1.54, 1.807) is 14.2 Å². The average Bonchev–Trinajstić information content (AvgIpc) is 2.45. The first-order valence-electron chi connectivity index (χ1n) is 7.14. The lowest BCUT2D eigenvalue weighted by molar-refractivity contribution is 0.107. The van der Waals surface area contributed by atoms with Gasteiger partial charge in [-0.2, -0.15) is 0 Å². The molecule has 0 aliphatic rings. The molecule has 4 nitrogen and oxygen atoms in total. The van der Waals surface area contributed by atoms with Gasteiger partial charge in [0, 0.05) is 18.7 Å². The van der Waals surface area contributed by atoms with Crippen molar-refractivity contribution in [3.8, 4) is 11.5 Å². The number of aliphatic hydroxyl groups is 1. The highest BCUT2D eigenvalue weighted by Gasteiger charge is 2.18. The van der Waals surface area contributed by atoms with Crippen LogP contribution in [-0.2, 0) is 0 Å². The molecular weight excluding hydrogens is 254 g/mol. The van der Waals surface area contributed by atoms with E-state index in [-0.39, 0.29) is 0 Å². The lowest BCUT2D eigenvalue weighted by atomic mass is 10.1. The van der Waals surface area contributed by atoms with E-state index < -0.39 is 6.10 Å². The summed E-state index contributed by atoms with van der Waals surface area (Å²) in [6.45, 7) is 8.96. The van der Waals surface area contributed by atoms with Crippen LogP contribution in [0.25, 0.3) is 0 Å². The van der Waals surface area contributed by atoms with Crippen molar-refractivity contribution in [2.24, 2.45) is 5.92 Å². The number of methoxy groups -OCH3 is 2. The number of benzene rings is 1. The van der Waals surface area contributed by atoms with Gasteiger partial charge in [0.2, 0.25) is 0 Å². The molecule has 0 radical (unpaired) electrons. The molecule has 1 atom stereocenters. The van der Waals surface area contributed by atoms with E-state index in [9.17, 15) is 5.11 Å². The summed E-state index contributed by atoms with van der Waals surface area (Å²) in [7, 11) is 3.23. The van der Waals surface area contributed by atoms with Gasteiger partial charge in [-0.3, -0.25) is 0 Å². The molecule has 114 valence electrons. The highest BCUT2D eigenvalue weighted by atomic mass is 16.5. The molecule has 20 heavy (non-hydrogen) atoms. The number of hydrogen-bond donors (Lipinski definition) is 1. The molecular formula is C16H27NO3. The van der Waals surface area contributed by atoms with E-state index in [1.807, 2.05) is 18.2 Å². The van der Waals surface area contributed by atoms with Crippen molar-refractivity contribution in [2.45, 2.75) is 26.9 Å². The predicted octanol–water partition coefficient (Wildman–Crippen LogP) is 2.72. The Morgan fingerprint density at radius 3 is 2.35 bits per heavy atom. The maximum Gasteiger partial charge on any atom is 0.124 e. The highest BCUT2D eigenvalue weighted by molar-refractivity contribution is 5.41. The van der Waals surface area contributed by atoms with Gasteiger partial charge in [0.15, 0.2) is 0 Å². The summed E-state index contributed by atoms with van der Waals surface area (Å²) >= 11 is 0. The average molecular weight is 281 g/mol. The molecule has 0 fully saturated rings.